The summed E-state index contributed by atoms with van der Waals surface area (Å²) in [5.41, 5.74) is -0.0991. The second-order valence-electron chi connectivity index (χ2n) is 7.52. The number of nitrogens with zero attached hydrogens (tertiary/aromatic N) is 4. The molecule has 3 atom stereocenters. The fraction of sp³-hybridized carbons (Fsp3) is 0.160. The molecule has 3 heterocycles. The van der Waals surface area contributed by atoms with E-state index in [1.54, 1.807) is 12.1 Å². The van der Waals surface area contributed by atoms with Crippen LogP contribution in [0.5, 0.6) is 0 Å². The van der Waals surface area contributed by atoms with Gasteiger partial charge >= 0.3 is 0 Å². The maximum atomic E-state index is 12.2. The molecule has 1 aliphatic heterocycles. The molecule has 7 heteroatoms. The number of nitrogens with one attached hydrogen (secondary N) is 1. The molecule has 0 fully saturated rings. The number of aromatic nitrogens is 1. The molecule has 32 heavy (non-hydrogen) atoms. The van der Waals surface area contributed by atoms with Crippen molar-refractivity contribution in [3.63, 3.8) is 0 Å². The van der Waals surface area contributed by atoms with E-state index >= 15 is 0 Å². The SMILES string of the molecule is Cc1ccc[n+]([C@@H]2[C@@H](c3cccs3)C(C#N)=C(C(=C=[N-])C#N)N[C@]2(O)c2ccccc2)c1. The molecule has 3 aromatic rings. The maximum Gasteiger partial charge on any atom is 0.227 e. The Kier molecular flexibility index (Phi) is 5.73. The second-order valence-corrected chi connectivity index (χ2v) is 8.50. The first-order valence-corrected chi connectivity index (χ1v) is 10.8. The number of rotatable bonds is 4. The van der Waals surface area contributed by atoms with Crippen LogP contribution >= 0.6 is 11.3 Å². The van der Waals surface area contributed by atoms with Gasteiger partial charge in [0, 0.05) is 22.1 Å². The quantitative estimate of drug-likeness (QED) is 0.370. The van der Waals surface area contributed by atoms with E-state index < -0.39 is 17.7 Å². The minimum absolute atomic E-state index is 0.0618. The standard InChI is InChI=1S/C25H19N5OS/c1-17-7-5-11-30(16-17)24-22(21-10-6-12-32-21)20(15-28)23(18(13-26)14-27)29-25(24,31)19-8-3-2-4-9-19/h2-12,16,22,24,29,31H,1H3/t22-,24-,25+/m1/s1. The summed E-state index contributed by atoms with van der Waals surface area (Å²) >= 11 is 1.46. The fourth-order valence-corrected chi connectivity index (χ4v) is 5.09. The van der Waals surface area contributed by atoms with Gasteiger partial charge < -0.3 is 15.8 Å². The smallest absolute Gasteiger partial charge is 0.227 e. The van der Waals surface area contributed by atoms with Crippen molar-refractivity contribution in [2.24, 2.45) is 0 Å². The number of aliphatic hydroxyl groups is 1. The Balaban J connectivity index is 2.10. The van der Waals surface area contributed by atoms with Crippen molar-refractivity contribution in [2.75, 3.05) is 0 Å². The van der Waals surface area contributed by atoms with Crippen LogP contribution < -0.4 is 9.88 Å². The normalized spacial score (nSPS) is 22.2. The molecule has 0 unspecified atom stereocenters. The highest BCUT2D eigenvalue weighted by Gasteiger charge is 2.56. The summed E-state index contributed by atoms with van der Waals surface area (Å²) in [6.07, 6.45) is 3.77. The van der Waals surface area contributed by atoms with Crippen molar-refractivity contribution in [3.05, 3.63) is 111 Å². The third kappa shape index (κ3) is 3.51. The highest BCUT2D eigenvalue weighted by Crippen LogP contribution is 2.48. The second kappa shape index (κ2) is 8.63. The van der Waals surface area contributed by atoms with Crippen molar-refractivity contribution in [2.45, 2.75) is 24.6 Å². The first-order chi connectivity index (χ1) is 15.5. The fourth-order valence-electron chi connectivity index (χ4n) is 4.22. The lowest BCUT2D eigenvalue weighted by Crippen LogP contribution is -2.62. The number of hydrogen-bond donors (Lipinski definition) is 2. The number of thiophene rings is 1. The molecule has 6 nitrogen and oxygen atoms in total. The summed E-state index contributed by atoms with van der Waals surface area (Å²) in [6, 6.07) is 20.1. The molecule has 0 aliphatic carbocycles. The Morgan fingerprint density at radius 3 is 2.53 bits per heavy atom. The van der Waals surface area contributed by atoms with E-state index in [1.165, 1.54) is 11.3 Å². The minimum atomic E-state index is -1.71. The lowest BCUT2D eigenvalue weighted by Gasteiger charge is -2.42. The first kappa shape index (κ1) is 21.2. The van der Waals surface area contributed by atoms with Gasteiger partial charge in [-0.05, 0) is 24.4 Å². The molecule has 0 bridgehead atoms. The van der Waals surface area contributed by atoms with E-state index in [0.717, 1.165) is 10.4 Å². The predicted octanol–water partition coefficient (Wildman–Crippen LogP) is 3.58. The Morgan fingerprint density at radius 2 is 1.94 bits per heavy atom. The van der Waals surface area contributed by atoms with Crippen LogP contribution in [0.3, 0.4) is 0 Å². The molecule has 1 aromatic carbocycles. The van der Waals surface area contributed by atoms with Gasteiger partial charge in [-0.3, -0.25) is 0 Å². The third-order valence-corrected chi connectivity index (χ3v) is 6.54. The van der Waals surface area contributed by atoms with Crippen molar-refractivity contribution < 1.29 is 9.67 Å². The zero-order chi connectivity index (χ0) is 22.7. The number of aryl methyl sites for hydroxylation is 1. The summed E-state index contributed by atoms with van der Waals surface area (Å²) < 4.78 is 1.90. The first-order valence-electron chi connectivity index (χ1n) is 9.92. The Morgan fingerprint density at radius 1 is 1.16 bits per heavy atom. The van der Waals surface area contributed by atoms with E-state index in [1.807, 2.05) is 83.7 Å². The highest BCUT2D eigenvalue weighted by molar-refractivity contribution is 7.10. The van der Waals surface area contributed by atoms with Crippen LogP contribution in [0, 0.1) is 29.6 Å². The van der Waals surface area contributed by atoms with Gasteiger partial charge in [0.2, 0.25) is 11.8 Å². The van der Waals surface area contributed by atoms with E-state index in [2.05, 4.69) is 11.4 Å². The Hall–Kier alpha value is -4.00. The van der Waals surface area contributed by atoms with Crippen LogP contribution in [0.25, 0.3) is 5.41 Å². The molecule has 1 aliphatic rings. The van der Waals surface area contributed by atoms with Crippen LogP contribution in [-0.2, 0) is 5.72 Å². The maximum absolute atomic E-state index is 12.2. The monoisotopic (exact) mass is 437 g/mol. The van der Waals surface area contributed by atoms with Gasteiger partial charge in [0.25, 0.3) is 0 Å². The molecule has 0 spiro atoms. The molecule has 2 aromatic heterocycles. The van der Waals surface area contributed by atoms with Crippen LogP contribution in [-0.4, -0.2) is 11.0 Å². The van der Waals surface area contributed by atoms with Crippen LogP contribution in [0.15, 0.2) is 89.2 Å². The van der Waals surface area contributed by atoms with Gasteiger partial charge in [-0.25, -0.2) is 5.87 Å². The number of pyridine rings is 1. The van der Waals surface area contributed by atoms with Crippen LogP contribution in [0.2, 0.25) is 0 Å². The van der Waals surface area contributed by atoms with Gasteiger partial charge in [0.05, 0.1) is 28.8 Å². The number of nitriles is 2. The van der Waals surface area contributed by atoms with E-state index in [-0.39, 0.29) is 16.8 Å². The summed E-state index contributed by atoms with van der Waals surface area (Å²) in [4.78, 5) is 0.851. The van der Waals surface area contributed by atoms with Crippen molar-refractivity contribution in [1.29, 1.82) is 10.5 Å². The average molecular weight is 438 g/mol. The van der Waals surface area contributed by atoms with Crippen molar-refractivity contribution in [3.8, 4) is 12.1 Å². The predicted molar refractivity (Wildman–Crippen MR) is 121 cm³/mol. The number of allylic oxidation sites excluding steroid dienone is 2. The minimum Gasteiger partial charge on any atom is -0.762 e. The Bertz CT molecular complexity index is 1310. The zero-order valence-electron chi connectivity index (χ0n) is 17.2. The van der Waals surface area contributed by atoms with Crippen molar-refractivity contribution in [1.82, 2.24) is 5.32 Å². The van der Waals surface area contributed by atoms with Gasteiger partial charge in [-0.15, -0.1) is 11.3 Å². The van der Waals surface area contributed by atoms with Crippen LogP contribution in [0.4, 0.5) is 0 Å². The van der Waals surface area contributed by atoms with E-state index in [9.17, 15) is 21.0 Å². The molecule has 0 saturated heterocycles. The summed E-state index contributed by atoms with van der Waals surface area (Å²) in [5, 5.41) is 46.5. The van der Waals surface area contributed by atoms with Gasteiger partial charge in [0.15, 0.2) is 12.4 Å². The van der Waals surface area contributed by atoms with Gasteiger partial charge in [0.1, 0.15) is 6.07 Å². The average Bonchev–Trinajstić information content (AvgIpc) is 3.35. The molecule has 2 N–H and O–H groups in total. The third-order valence-electron chi connectivity index (χ3n) is 5.59. The van der Waals surface area contributed by atoms with Crippen LogP contribution in [0.1, 0.15) is 28.0 Å². The molecule has 156 valence electrons. The Labute approximate surface area is 190 Å². The highest BCUT2D eigenvalue weighted by atomic mass is 32.1. The van der Waals surface area contributed by atoms with Crippen molar-refractivity contribution >= 4 is 17.2 Å². The summed E-state index contributed by atoms with van der Waals surface area (Å²) in [6.45, 7) is 1.96. The van der Waals surface area contributed by atoms with E-state index in [0.29, 0.717) is 5.56 Å². The molecular weight excluding hydrogens is 418 g/mol. The van der Waals surface area contributed by atoms with E-state index in [4.69, 9.17) is 0 Å². The lowest BCUT2D eigenvalue weighted by atomic mass is 9.75. The molecule has 0 amide bonds. The number of hydrogen-bond acceptors (Lipinski definition) is 5. The summed E-state index contributed by atoms with van der Waals surface area (Å²) in [5.74, 6) is 1.28. The molecule has 0 radical (unpaired) electrons. The topological polar surface area (TPSA) is 106 Å². The van der Waals surface area contributed by atoms with Gasteiger partial charge in [-0.1, -0.05) is 36.4 Å². The summed E-state index contributed by atoms with van der Waals surface area (Å²) in [7, 11) is 0. The lowest BCUT2D eigenvalue weighted by molar-refractivity contribution is -0.744. The largest absolute Gasteiger partial charge is 0.762 e. The zero-order valence-corrected chi connectivity index (χ0v) is 18.0. The number of benzene rings is 1. The van der Waals surface area contributed by atoms with Gasteiger partial charge in [-0.2, -0.15) is 15.1 Å². The molecule has 4 rings (SSSR count). The molecule has 0 saturated carbocycles. The molecular formula is C25H19N5OS.